The molecule has 1 aliphatic rings. The molecule has 0 aromatic heterocycles. The monoisotopic (exact) mass is 352 g/mol. The fraction of sp³-hybridized carbons (Fsp3) is 0.333. The van der Waals surface area contributed by atoms with E-state index in [4.69, 9.17) is 13.8 Å². The van der Waals surface area contributed by atoms with Crippen LogP contribution in [0.2, 0.25) is 0 Å². The summed E-state index contributed by atoms with van der Waals surface area (Å²) in [4.78, 5) is 0. The smallest absolute Gasteiger partial charge is 0.215 e. The van der Waals surface area contributed by atoms with Crippen molar-refractivity contribution in [3.8, 4) is 0 Å². The van der Waals surface area contributed by atoms with Crippen molar-refractivity contribution in [3.05, 3.63) is 71.3 Å². The minimum atomic E-state index is -1.46. The first-order chi connectivity index (χ1) is 11.5. The molecule has 6 heteroatoms. The van der Waals surface area contributed by atoms with Gasteiger partial charge < -0.3 is 13.8 Å². The molecule has 0 aliphatic carbocycles. The SMILES string of the molecule is CC(C)OC(c1ccc(F)cc1)(c1ccc(F)cc1)P1OCCO1. The van der Waals surface area contributed by atoms with Crippen molar-refractivity contribution in [2.24, 2.45) is 0 Å². The van der Waals surface area contributed by atoms with Crippen LogP contribution in [0.1, 0.15) is 25.0 Å². The maximum absolute atomic E-state index is 13.4. The summed E-state index contributed by atoms with van der Waals surface area (Å²) >= 11 is 0. The van der Waals surface area contributed by atoms with E-state index in [9.17, 15) is 8.78 Å². The number of hydrogen-bond acceptors (Lipinski definition) is 3. The molecule has 24 heavy (non-hydrogen) atoms. The van der Waals surface area contributed by atoms with Gasteiger partial charge in [0.15, 0.2) is 5.34 Å². The first-order valence-corrected chi connectivity index (χ1v) is 8.96. The quantitative estimate of drug-likeness (QED) is 0.713. The highest BCUT2D eigenvalue weighted by Crippen LogP contribution is 2.64. The highest BCUT2D eigenvalue weighted by Gasteiger charge is 2.49. The lowest BCUT2D eigenvalue weighted by atomic mass is 10.00. The minimum Gasteiger partial charge on any atom is -0.354 e. The molecule has 0 spiro atoms. The second kappa shape index (κ2) is 7.24. The van der Waals surface area contributed by atoms with E-state index in [1.807, 2.05) is 13.8 Å². The molecule has 128 valence electrons. The molecular weight excluding hydrogens is 333 g/mol. The molecule has 2 aromatic rings. The van der Waals surface area contributed by atoms with Gasteiger partial charge in [0.05, 0.1) is 19.3 Å². The Kier molecular flexibility index (Phi) is 5.26. The molecule has 0 unspecified atom stereocenters. The predicted octanol–water partition coefficient (Wildman–Crippen LogP) is 4.95. The molecule has 3 nitrogen and oxygen atoms in total. The van der Waals surface area contributed by atoms with E-state index in [0.29, 0.717) is 13.2 Å². The summed E-state index contributed by atoms with van der Waals surface area (Å²) in [5, 5.41) is -1.04. The zero-order chi connectivity index (χ0) is 17.2. The largest absolute Gasteiger partial charge is 0.354 e. The Labute approximate surface area is 141 Å². The molecular formula is C18H19F2O3P. The summed E-state index contributed by atoms with van der Waals surface area (Å²) in [5.74, 6) is -0.672. The fourth-order valence-electron chi connectivity index (χ4n) is 2.71. The Bertz CT molecular complexity index is 622. The van der Waals surface area contributed by atoms with Crippen molar-refractivity contribution in [2.75, 3.05) is 13.2 Å². The summed E-state index contributed by atoms with van der Waals surface area (Å²) in [6.45, 7) is 4.76. The third-order valence-electron chi connectivity index (χ3n) is 3.63. The van der Waals surface area contributed by atoms with Crippen LogP contribution in [-0.2, 0) is 19.1 Å². The van der Waals surface area contributed by atoms with Crippen LogP contribution in [0, 0.1) is 11.6 Å². The van der Waals surface area contributed by atoms with Crippen LogP contribution in [-0.4, -0.2) is 19.3 Å². The zero-order valence-corrected chi connectivity index (χ0v) is 14.4. The highest BCUT2D eigenvalue weighted by molar-refractivity contribution is 7.49. The van der Waals surface area contributed by atoms with Gasteiger partial charge in [-0.25, -0.2) is 8.78 Å². The number of halogens is 2. The van der Waals surface area contributed by atoms with Crippen molar-refractivity contribution in [1.29, 1.82) is 0 Å². The number of rotatable bonds is 5. The Morgan fingerprint density at radius 1 is 0.875 bits per heavy atom. The molecule has 0 amide bonds. The van der Waals surface area contributed by atoms with E-state index >= 15 is 0 Å². The Hall–Kier alpha value is -1.39. The van der Waals surface area contributed by atoms with Crippen LogP contribution >= 0.6 is 8.38 Å². The van der Waals surface area contributed by atoms with Crippen LogP contribution < -0.4 is 0 Å². The van der Waals surface area contributed by atoms with Crippen LogP contribution in [0.3, 0.4) is 0 Å². The van der Waals surface area contributed by atoms with E-state index < -0.39 is 13.7 Å². The maximum atomic E-state index is 13.4. The minimum absolute atomic E-state index is 0.143. The lowest BCUT2D eigenvalue weighted by Crippen LogP contribution is -2.32. The van der Waals surface area contributed by atoms with E-state index in [1.165, 1.54) is 24.3 Å². The molecule has 2 aromatic carbocycles. The topological polar surface area (TPSA) is 27.7 Å². The second-order valence-electron chi connectivity index (χ2n) is 5.75. The van der Waals surface area contributed by atoms with Gasteiger partial charge >= 0.3 is 0 Å². The van der Waals surface area contributed by atoms with Crippen molar-refractivity contribution in [2.45, 2.75) is 25.3 Å². The molecule has 3 rings (SSSR count). The lowest BCUT2D eigenvalue weighted by Gasteiger charge is -2.38. The molecule has 0 N–H and O–H groups in total. The van der Waals surface area contributed by atoms with Gasteiger partial charge in [0, 0.05) is 0 Å². The van der Waals surface area contributed by atoms with E-state index in [-0.39, 0.29) is 17.7 Å². The Morgan fingerprint density at radius 3 is 1.67 bits per heavy atom. The molecule has 0 atom stereocenters. The first-order valence-electron chi connectivity index (χ1n) is 7.78. The third-order valence-corrected chi connectivity index (χ3v) is 5.60. The average Bonchev–Trinajstić information content (AvgIpc) is 3.09. The van der Waals surface area contributed by atoms with Gasteiger partial charge in [-0.2, -0.15) is 0 Å². The summed E-state index contributed by atoms with van der Waals surface area (Å²) in [5.41, 5.74) is 1.44. The zero-order valence-electron chi connectivity index (χ0n) is 13.5. The van der Waals surface area contributed by atoms with Crippen LogP contribution in [0.5, 0.6) is 0 Å². The maximum Gasteiger partial charge on any atom is 0.215 e. The van der Waals surface area contributed by atoms with Crippen LogP contribution in [0.25, 0.3) is 0 Å². The third kappa shape index (κ3) is 3.35. The molecule has 0 radical (unpaired) electrons. The van der Waals surface area contributed by atoms with E-state index in [1.54, 1.807) is 24.3 Å². The Morgan fingerprint density at radius 2 is 1.29 bits per heavy atom. The number of benzene rings is 2. The first kappa shape index (κ1) is 17.4. The van der Waals surface area contributed by atoms with Gasteiger partial charge in [-0.3, -0.25) is 0 Å². The Balaban J connectivity index is 2.18. The van der Waals surface area contributed by atoms with Crippen molar-refractivity contribution >= 4 is 8.38 Å². The normalized spacial score (nSPS) is 16.0. The van der Waals surface area contributed by atoms with Gasteiger partial charge in [-0.1, -0.05) is 24.3 Å². The summed E-state index contributed by atoms with van der Waals surface area (Å²) in [7, 11) is -1.46. The van der Waals surface area contributed by atoms with E-state index in [0.717, 1.165) is 11.1 Å². The van der Waals surface area contributed by atoms with E-state index in [2.05, 4.69) is 0 Å². The lowest BCUT2D eigenvalue weighted by molar-refractivity contribution is -0.00972. The molecule has 1 aliphatic heterocycles. The molecule has 1 fully saturated rings. The van der Waals surface area contributed by atoms with Gasteiger partial charge in [0.1, 0.15) is 11.6 Å². The summed E-state index contributed by atoms with van der Waals surface area (Å²) in [6, 6.07) is 12.2. The highest BCUT2D eigenvalue weighted by atomic mass is 31.2. The fourth-order valence-corrected chi connectivity index (χ4v) is 4.64. The molecule has 0 bridgehead atoms. The van der Waals surface area contributed by atoms with Gasteiger partial charge in [-0.05, 0) is 49.2 Å². The van der Waals surface area contributed by atoms with Crippen molar-refractivity contribution in [3.63, 3.8) is 0 Å². The molecule has 0 saturated carbocycles. The summed E-state index contributed by atoms with van der Waals surface area (Å²) in [6.07, 6.45) is -0.143. The predicted molar refractivity (Wildman–Crippen MR) is 88.6 cm³/mol. The van der Waals surface area contributed by atoms with Gasteiger partial charge in [0.2, 0.25) is 8.38 Å². The standard InChI is InChI=1S/C18H19F2O3P/c1-13(2)23-18(24-21-11-12-22-24,14-3-7-16(19)8-4-14)15-5-9-17(20)10-6-15/h3-10,13H,11-12H2,1-2H3. The molecule has 1 heterocycles. The number of hydrogen-bond donors (Lipinski definition) is 0. The van der Waals surface area contributed by atoms with Gasteiger partial charge in [0.25, 0.3) is 0 Å². The second-order valence-corrected chi connectivity index (χ2v) is 7.41. The number of ether oxygens (including phenoxy) is 1. The van der Waals surface area contributed by atoms with Crippen molar-refractivity contribution < 1.29 is 22.6 Å². The van der Waals surface area contributed by atoms with Gasteiger partial charge in [-0.15, -0.1) is 0 Å². The van der Waals surface area contributed by atoms with Crippen LogP contribution in [0.15, 0.2) is 48.5 Å². The summed E-state index contributed by atoms with van der Waals surface area (Å²) < 4.78 is 44.8. The molecule has 1 saturated heterocycles. The van der Waals surface area contributed by atoms with Crippen LogP contribution in [0.4, 0.5) is 8.78 Å². The average molecular weight is 352 g/mol. The van der Waals surface area contributed by atoms with Crippen molar-refractivity contribution in [1.82, 2.24) is 0 Å².